The molecule has 6 heteroatoms. The van der Waals surface area contributed by atoms with Crippen LogP contribution in [0.3, 0.4) is 0 Å². The number of benzene rings is 1. The Balaban J connectivity index is 1.35. The van der Waals surface area contributed by atoms with Crippen LogP contribution in [0.25, 0.3) is 0 Å². The largest absolute Gasteiger partial charge is 0.379 e. The lowest BCUT2D eigenvalue weighted by Gasteiger charge is -2.35. The predicted molar refractivity (Wildman–Crippen MR) is 110 cm³/mol. The SMILES string of the molecule is CN=C(NCC(C1CC1)C1CC1)NCC(c1ccc(F)cc1)N1CCOCC1. The van der Waals surface area contributed by atoms with Crippen LogP contribution in [0, 0.1) is 23.6 Å². The molecule has 0 spiro atoms. The molecule has 1 aromatic rings. The van der Waals surface area contributed by atoms with E-state index in [9.17, 15) is 4.39 Å². The van der Waals surface area contributed by atoms with Crippen LogP contribution < -0.4 is 10.6 Å². The first-order valence-electron chi connectivity index (χ1n) is 10.8. The van der Waals surface area contributed by atoms with Gasteiger partial charge in [0.25, 0.3) is 0 Å². The molecule has 5 nitrogen and oxygen atoms in total. The molecular weight excluding hydrogens is 355 g/mol. The van der Waals surface area contributed by atoms with Gasteiger partial charge in [-0.2, -0.15) is 0 Å². The number of aliphatic imine (C=N–C) groups is 1. The number of nitrogens with zero attached hydrogens (tertiary/aromatic N) is 2. The summed E-state index contributed by atoms with van der Waals surface area (Å²) in [5.74, 6) is 3.34. The molecule has 0 amide bonds. The maximum absolute atomic E-state index is 13.4. The highest BCUT2D eigenvalue weighted by Crippen LogP contribution is 2.48. The van der Waals surface area contributed by atoms with E-state index >= 15 is 0 Å². The first kappa shape index (κ1) is 19.6. The molecule has 0 aromatic heterocycles. The van der Waals surface area contributed by atoms with Crippen molar-refractivity contribution in [3.8, 4) is 0 Å². The third-order valence-electron chi connectivity index (χ3n) is 6.39. The Morgan fingerprint density at radius 3 is 2.25 bits per heavy atom. The fourth-order valence-corrected chi connectivity index (χ4v) is 4.43. The van der Waals surface area contributed by atoms with Gasteiger partial charge in [0.1, 0.15) is 5.82 Å². The number of morpholine rings is 1. The quantitative estimate of drug-likeness (QED) is 0.531. The summed E-state index contributed by atoms with van der Waals surface area (Å²) in [6.07, 6.45) is 5.61. The molecular formula is C22H33FN4O. The normalized spacial score (nSPS) is 22.3. The molecule has 1 aromatic carbocycles. The molecule has 2 saturated carbocycles. The van der Waals surface area contributed by atoms with Gasteiger partial charge < -0.3 is 15.4 Å². The third kappa shape index (κ3) is 5.23. The van der Waals surface area contributed by atoms with Crippen molar-refractivity contribution >= 4 is 5.96 Å². The van der Waals surface area contributed by atoms with Gasteiger partial charge in [-0.15, -0.1) is 0 Å². The van der Waals surface area contributed by atoms with E-state index < -0.39 is 0 Å². The zero-order valence-corrected chi connectivity index (χ0v) is 16.9. The van der Waals surface area contributed by atoms with Crippen molar-refractivity contribution in [2.24, 2.45) is 22.7 Å². The topological polar surface area (TPSA) is 48.9 Å². The minimum absolute atomic E-state index is 0.172. The number of hydrogen-bond donors (Lipinski definition) is 2. The molecule has 0 bridgehead atoms. The Morgan fingerprint density at radius 2 is 1.68 bits per heavy atom. The molecule has 154 valence electrons. The van der Waals surface area contributed by atoms with E-state index in [2.05, 4.69) is 20.5 Å². The molecule has 2 aliphatic carbocycles. The minimum Gasteiger partial charge on any atom is -0.379 e. The molecule has 1 saturated heterocycles. The Morgan fingerprint density at radius 1 is 1.07 bits per heavy atom. The van der Waals surface area contributed by atoms with Gasteiger partial charge in [0.05, 0.1) is 19.3 Å². The first-order valence-corrected chi connectivity index (χ1v) is 10.8. The number of ether oxygens (including phenoxy) is 1. The van der Waals surface area contributed by atoms with Crippen LogP contribution in [-0.4, -0.2) is 57.3 Å². The van der Waals surface area contributed by atoms with Crippen molar-refractivity contribution in [3.05, 3.63) is 35.6 Å². The summed E-state index contributed by atoms with van der Waals surface area (Å²) in [6, 6.07) is 7.05. The Hall–Kier alpha value is -1.66. The van der Waals surface area contributed by atoms with E-state index in [-0.39, 0.29) is 11.9 Å². The van der Waals surface area contributed by atoms with E-state index in [0.717, 1.165) is 68.7 Å². The summed E-state index contributed by atoms with van der Waals surface area (Å²) in [5.41, 5.74) is 1.13. The average Bonchev–Trinajstić information content (AvgIpc) is 3.63. The van der Waals surface area contributed by atoms with E-state index in [0.29, 0.717) is 0 Å². The van der Waals surface area contributed by atoms with Crippen molar-refractivity contribution in [1.82, 2.24) is 15.5 Å². The highest BCUT2D eigenvalue weighted by Gasteiger charge is 2.41. The number of rotatable bonds is 8. The molecule has 28 heavy (non-hydrogen) atoms. The molecule has 1 heterocycles. The lowest BCUT2D eigenvalue weighted by molar-refractivity contribution is 0.0170. The number of halogens is 1. The van der Waals surface area contributed by atoms with Gasteiger partial charge in [-0.1, -0.05) is 12.1 Å². The van der Waals surface area contributed by atoms with Gasteiger partial charge in [-0.05, 0) is 61.1 Å². The lowest BCUT2D eigenvalue weighted by Crippen LogP contribution is -2.47. The van der Waals surface area contributed by atoms with Gasteiger partial charge in [-0.3, -0.25) is 9.89 Å². The lowest BCUT2D eigenvalue weighted by atomic mass is 9.98. The van der Waals surface area contributed by atoms with Crippen molar-refractivity contribution < 1.29 is 9.13 Å². The van der Waals surface area contributed by atoms with Crippen LogP contribution in [-0.2, 0) is 4.74 Å². The summed E-state index contributed by atoms with van der Waals surface area (Å²) >= 11 is 0. The van der Waals surface area contributed by atoms with Crippen LogP contribution in [0.5, 0.6) is 0 Å². The van der Waals surface area contributed by atoms with Crippen molar-refractivity contribution in [2.45, 2.75) is 31.7 Å². The van der Waals surface area contributed by atoms with Crippen LogP contribution in [0.2, 0.25) is 0 Å². The predicted octanol–water partition coefficient (Wildman–Crippen LogP) is 2.80. The van der Waals surface area contributed by atoms with E-state index in [1.165, 1.54) is 25.7 Å². The second kappa shape index (κ2) is 9.23. The number of guanidine groups is 1. The molecule has 2 N–H and O–H groups in total. The Kier molecular flexibility index (Phi) is 6.47. The van der Waals surface area contributed by atoms with Gasteiger partial charge >= 0.3 is 0 Å². The molecule has 1 atom stereocenters. The Bertz CT molecular complexity index is 639. The average molecular weight is 389 g/mol. The minimum atomic E-state index is -0.193. The van der Waals surface area contributed by atoms with Gasteiger partial charge in [-0.25, -0.2) is 4.39 Å². The van der Waals surface area contributed by atoms with Crippen LogP contribution >= 0.6 is 0 Å². The molecule has 1 unspecified atom stereocenters. The maximum atomic E-state index is 13.4. The fourth-order valence-electron chi connectivity index (χ4n) is 4.43. The van der Waals surface area contributed by atoms with Crippen molar-refractivity contribution in [1.29, 1.82) is 0 Å². The van der Waals surface area contributed by atoms with E-state index in [4.69, 9.17) is 4.74 Å². The van der Waals surface area contributed by atoms with Gasteiger partial charge in [0.2, 0.25) is 0 Å². The third-order valence-corrected chi connectivity index (χ3v) is 6.39. The fraction of sp³-hybridized carbons (Fsp3) is 0.682. The van der Waals surface area contributed by atoms with Crippen LogP contribution in [0.4, 0.5) is 4.39 Å². The van der Waals surface area contributed by atoms with E-state index in [1.54, 1.807) is 12.1 Å². The summed E-state index contributed by atoms with van der Waals surface area (Å²) in [6.45, 7) is 5.03. The van der Waals surface area contributed by atoms with Crippen molar-refractivity contribution in [2.75, 3.05) is 46.4 Å². The highest BCUT2D eigenvalue weighted by atomic mass is 19.1. The molecule has 0 radical (unpaired) electrons. The standard InChI is InChI=1S/C22H33FN4O/c1-24-22(25-14-20(16-2-3-16)17-4-5-17)26-15-21(27-10-12-28-13-11-27)18-6-8-19(23)9-7-18/h6-9,16-17,20-21H,2-5,10-15H2,1H3,(H2,24,25,26). The molecule has 3 aliphatic rings. The number of hydrogen-bond acceptors (Lipinski definition) is 3. The summed E-state index contributed by atoms with van der Waals surface area (Å²) in [7, 11) is 1.83. The summed E-state index contributed by atoms with van der Waals surface area (Å²) in [5, 5.41) is 7.08. The highest BCUT2D eigenvalue weighted by molar-refractivity contribution is 5.79. The van der Waals surface area contributed by atoms with Crippen molar-refractivity contribution in [3.63, 3.8) is 0 Å². The van der Waals surface area contributed by atoms with Gasteiger partial charge in [0, 0.05) is 33.2 Å². The van der Waals surface area contributed by atoms with Gasteiger partial charge in [0.15, 0.2) is 5.96 Å². The summed E-state index contributed by atoms with van der Waals surface area (Å²) < 4.78 is 18.9. The van der Waals surface area contributed by atoms with Crippen LogP contribution in [0.15, 0.2) is 29.3 Å². The zero-order chi connectivity index (χ0) is 19.3. The monoisotopic (exact) mass is 388 g/mol. The summed E-state index contributed by atoms with van der Waals surface area (Å²) in [4.78, 5) is 6.85. The maximum Gasteiger partial charge on any atom is 0.191 e. The molecule has 1 aliphatic heterocycles. The smallest absolute Gasteiger partial charge is 0.191 e. The second-order valence-corrected chi connectivity index (χ2v) is 8.39. The molecule has 4 rings (SSSR count). The zero-order valence-electron chi connectivity index (χ0n) is 16.9. The Labute approximate surface area is 167 Å². The number of nitrogens with one attached hydrogen (secondary N) is 2. The van der Waals surface area contributed by atoms with E-state index in [1.807, 2.05) is 19.2 Å². The van der Waals surface area contributed by atoms with Crippen LogP contribution in [0.1, 0.15) is 37.3 Å². The first-order chi connectivity index (χ1) is 13.7. The second-order valence-electron chi connectivity index (χ2n) is 8.39. The molecule has 3 fully saturated rings.